The number of hydrogen-bond acceptors (Lipinski definition) is 8. The number of nitrogens with zero attached hydrogens (tertiary/aromatic N) is 6. The molecule has 9 nitrogen and oxygen atoms in total. The number of aliphatic hydroxyl groups excluding tert-OH is 1. The summed E-state index contributed by atoms with van der Waals surface area (Å²) in [6.07, 6.45) is 11.5. The summed E-state index contributed by atoms with van der Waals surface area (Å²) < 4.78 is 8.44. The first-order chi connectivity index (χ1) is 23.4. The number of benzene rings is 2. The van der Waals surface area contributed by atoms with E-state index in [1.54, 1.807) is 11.6 Å². The molecule has 4 heterocycles. The Bertz CT molecular complexity index is 1820. The third-order valence-corrected chi connectivity index (χ3v) is 10.3. The molecule has 3 aliphatic rings. The van der Waals surface area contributed by atoms with Crippen LogP contribution < -0.4 is 10.5 Å². The van der Waals surface area contributed by atoms with E-state index in [1.807, 2.05) is 55.6 Å². The molecule has 2 aliphatic heterocycles. The first-order valence-corrected chi connectivity index (χ1v) is 17.3. The Labute approximate surface area is 283 Å². The minimum absolute atomic E-state index is 0.0131. The van der Waals surface area contributed by atoms with Gasteiger partial charge in [0.15, 0.2) is 5.60 Å². The Hall–Kier alpha value is -4.07. The van der Waals surface area contributed by atoms with Gasteiger partial charge in [-0.15, -0.1) is 6.42 Å². The number of rotatable bonds is 10. The van der Waals surface area contributed by atoms with Crippen molar-refractivity contribution in [1.29, 1.82) is 0 Å². The molecule has 0 radical (unpaired) electrons. The number of pyridine rings is 1. The van der Waals surface area contributed by atoms with Crippen molar-refractivity contribution in [2.45, 2.75) is 44.3 Å². The Morgan fingerprint density at radius 1 is 0.938 bits per heavy atom. The summed E-state index contributed by atoms with van der Waals surface area (Å²) >= 11 is 0. The Balaban J connectivity index is 1.24. The predicted molar refractivity (Wildman–Crippen MR) is 190 cm³/mol. The molecule has 3 fully saturated rings. The van der Waals surface area contributed by atoms with Crippen LogP contribution in [-0.2, 0) is 17.4 Å². The molecule has 2 aromatic heterocycles. The quantitative estimate of drug-likeness (QED) is 0.257. The van der Waals surface area contributed by atoms with Crippen molar-refractivity contribution in [1.82, 2.24) is 24.3 Å². The van der Waals surface area contributed by atoms with E-state index in [1.165, 1.54) is 0 Å². The normalized spacial score (nSPS) is 19.3. The second kappa shape index (κ2) is 13.8. The summed E-state index contributed by atoms with van der Waals surface area (Å²) in [5.41, 5.74) is 3.75. The van der Waals surface area contributed by atoms with Gasteiger partial charge in [-0.3, -0.25) is 9.69 Å². The third-order valence-electron chi connectivity index (χ3n) is 10.3. The lowest BCUT2D eigenvalue weighted by atomic mass is 9.87. The fraction of sp³-hybridized carbons (Fsp3) is 0.462. The number of hydrogen-bond donors (Lipinski definition) is 1. The molecule has 1 saturated carbocycles. The van der Waals surface area contributed by atoms with Crippen molar-refractivity contribution >= 4 is 16.9 Å². The van der Waals surface area contributed by atoms with Crippen LogP contribution in [0.15, 0.2) is 65.6 Å². The average Bonchev–Trinajstić information content (AvgIpc) is 3.94. The van der Waals surface area contributed by atoms with E-state index in [0.717, 1.165) is 106 Å². The van der Waals surface area contributed by atoms with Crippen LogP contribution in [0, 0.1) is 25.2 Å². The number of aryl methyl sites for hydroxylation is 2. The van der Waals surface area contributed by atoms with Crippen LogP contribution in [-0.4, -0.2) is 94.5 Å². The number of aromatic nitrogens is 3. The minimum Gasteiger partial charge on any atom is -0.393 e. The molecule has 0 bridgehead atoms. The lowest BCUT2D eigenvalue weighted by molar-refractivity contribution is -0.0672. The number of terminal acetylenes is 1. The largest absolute Gasteiger partial charge is 0.393 e. The van der Waals surface area contributed by atoms with Crippen LogP contribution in [0.1, 0.15) is 42.5 Å². The van der Waals surface area contributed by atoms with Crippen LogP contribution in [0.3, 0.4) is 0 Å². The molecule has 1 aliphatic carbocycles. The first kappa shape index (κ1) is 32.5. The van der Waals surface area contributed by atoms with Crippen molar-refractivity contribution in [3.63, 3.8) is 0 Å². The topological polar surface area (TPSA) is 87.0 Å². The standard InChI is InChI=1S/C39H46N6O3/c1-4-16-43-19-21-44(22-20-43)25-29-14-17-45(18-15-29)38-40-35-13-10-30(31-23-28(2)37(47)42(3)26-31)24-34(35)36(41-38)39(27-46,48-33-11-12-33)32-8-6-5-7-9-32/h1,5-10,13,23-24,26,29,33,46H,11-12,14-22,25,27H2,2-3H3. The molecular weight excluding hydrogens is 600 g/mol. The molecule has 0 amide bonds. The highest BCUT2D eigenvalue weighted by molar-refractivity contribution is 5.88. The van der Waals surface area contributed by atoms with E-state index < -0.39 is 5.60 Å². The molecule has 2 saturated heterocycles. The van der Waals surface area contributed by atoms with Gasteiger partial charge in [0.05, 0.1) is 30.5 Å². The zero-order valence-electron chi connectivity index (χ0n) is 28.1. The van der Waals surface area contributed by atoms with Crippen molar-refractivity contribution in [3.05, 3.63) is 88.0 Å². The Morgan fingerprint density at radius 3 is 2.33 bits per heavy atom. The average molecular weight is 647 g/mol. The number of piperidine rings is 1. The van der Waals surface area contributed by atoms with Gasteiger partial charge < -0.3 is 24.2 Å². The van der Waals surface area contributed by atoms with E-state index >= 15 is 0 Å². The highest BCUT2D eigenvalue weighted by atomic mass is 16.5. The summed E-state index contributed by atoms with van der Waals surface area (Å²) in [4.78, 5) is 30.2. The van der Waals surface area contributed by atoms with Gasteiger partial charge in [0, 0.05) is 70.0 Å². The van der Waals surface area contributed by atoms with Gasteiger partial charge in [0.1, 0.15) is 0 Å². The summed E-state index contributed by atoms with van der Waals surface area (Å²) in [5.74, 6) is 4.09. The van der Waals surface area contributed by atoms with Crippen LogP contribution >= 0.6 is 0 Å². The van der Waals surface area contributed by atoms with Crippen molar-refractivity contribution in [2.24, 2.45) is 13.0 Å². The molecule has 4 aromatic rings. The van der Waals surface area contributed by atoms with Gasteiger partial charge in [0.25, 0.3) is 5.56 Å². The molecule has 1 unspecified atom stereocenters. The van der Waals surface area contributed by atoms with Gasteiger partial charge >= 0.3 is 0 Å². The molecular formula is C39H46N6O3. The molecule has 1 atom stereocenters. The zero-order valence-corrected chi connectivity index (χ0v) is 28.1. The smallest absolute Gasteiger partial charge is 0.253 e. The second-order valence-electron chi connectivity index (χ2n) is 13.8. The molecule has 48 heavy (non-hydrogen) atoms. The number of fused-ring (bicyclic) bond motifs is 1. The fourth-order valence-corrected chi connectivity index (χ4v) is 7.36. The third kappa shape index (κ3) is 6.63. The number of aliphatic hydroxyl groups is 1. The minimum atomic E-state index is -1.16. The van der Waals surface area contributed by atoms with E-state index in [4.69, 9.17) is 21.1 Å². The SMILES string of the molecule is C#CCN1CCN(CC2CCN(c3nc(C(CO)(OC4CC4)c4ccccc4)c4cc(-c5cc(C)c(=O)n(C)c5)ccc4n3)CC2)CC1. The molecule has 0 spiro atoms. The lowest BCUT2D eigenvalue weighted by Gasteiger charge is -2.39. The van der Waals surface area contributed by atoms with Crippen LogP contribution in [0.4, 0.5) is 5.95 Å². The summed E-state index contributed by atoms with van der Waals surface area (Å²) in [5, 5.41) is 12.1. The van der Waals surface area contributed by atoms with Gasteiger partial charge in [-0.1, -0.05) is 42.3 Å². The summed E-state index contributed by atoms with van der Waals surface area (Å²) in [6, 6.07) is 18.1. The molecule has 1 N–H and O–H groups in total. The molecule has 250 valence electrons. The first-order valence-electron chi connectivity index (χ1n) is 17.3. The van der Waals surface area contributed by atoms with Crippen molar-refractivity contribution < 1.29 is 9.84 Å². The fourth-order valence-electron chi connectivity index (χ4n) is 7.36. The van der Waals surface area contributed by atoms with Gasteiger partial charge in [-0.2, -0.15) is 0 Å². The van der Waals surface area contributed by atoms with Crippen LogP contribution in [0.2, 0.25) is 0 Å². The van der Waals surface area contributed by atoms with E-state index in [2.05, 4.69) is 32.8 Å². The highest BCUT2D eigenvalue weighted by Gasteiger charge is 2.44. The lowest BCUT2D eigenvalue weighted by Crippen LogP contribution is -2.49. The van der Waals surface area contributed by atoms with Crippen molar-refractivity contribution in [3.8, 4) is 23.5 Å². The van der Waals surface area contributed by atoms with Gasteiger partial charge in [-0.25, -0.2) is 9.97 Å². The van der Waals surface area contributed by atoms with Gasteiger partial charge in [0.2, 0.25) is 5.95 Å². The van der Waals surface area contributed by atoms with Gasteiger partial charge in [-0.05, 0) is 73.4 Å². The van der Waals surface area contributed by atoms with Crippen LogP contribution in [0.25, 0.3) is 22.0 Å². The summed E-state index contributed by atoms with van der Waals surface area (Å²) in [7, 11) is 1.78. The number of anilines is 1. The van der Waals surface area contributed by atoms with Crippen molar-refractivity contribution in [2.75, 3.05) is 63.9 Å². The Morgan fingerprint density at radius 2 is 1.67 bits per heavy atom. The maximum Gasteiger partial charge on any atom is 0.253 e. The van der Waals surface area contributed by atoms with E-state index in [-0.39, 0.29) is 18.3 Å². The predicted octanol–water partition coefficient (Wildman–Crippen LogP) is 4.19. The number of ether oxygens (including phenoxy) is 1. The maximum atomic E-state index is 12.5. The van der Waals surface area contributed by atoms with E-state index in [9.17, 15) is 9.90 Å². The molecule has 7 rings (SSSR count). The summed E-state index contributed by atoms with van der Waals surface area (Å²) in [6.45, 7) is 9.42. The number of piperazine rings is 1. The maximum absolute atomic E-state index is 12.5. The Kier molecular flexibility index (Phi) is 9.34. The second-order valence-corrected chi connectivity index (χ2v) is 13.8. The zero-order chi connectivity index (χ0) is 33.3. The van der Waals surface area contributed by atoms with E-state index in [0.29, 0.717) is 23.1 Å². The molecule has 2 aromatic carbocycles. The highest BCUT2D eigenvalue weighted by Crippen LogP contribution is 2.43. The monoisotopic (exact) mass is 646 g/mol. The van der Waals surface area contributed by atoms with Crippen LogP contribution in [0.5, 0.6) is 0 Å². The molecule has 9 heteroatoms.